The molecule has 138 valence electrons. The largest absolute Gasteiger partial charge is 0.466 e. The van der Waals surface area contributed by atoms with Crippen LogP contribution in [0.15, 0.2) is 47.0 Å². The third-order valence-electron chi connectivity index (χ3n) is 4.24. The highest BCUT2D eigenvalue weighted by Gasteiger charge is 2.21. The maximum atomic E-state index is 12.0. The van der Waals surface area contributed by atoms with Gasteiger partial charge >= 0.3 is 5.97 Å². The summed E-state index contributed by atoms with van der Waals surface area (Å²) in [4.78, 5) is 17.4. The Hall–Kier alpha value is -2.57. The van der Waals surface area contributed by atoms with Crippen LogP contribution in [0.5, 0.6) is 0 Å². The molecule has 0 saturated carbocycles. The number of ether oxygens (including phenoxy) is 1. The molecule has 0 atom stereocenters. The van der Waals surface area contributed by atoms with E-state index in [4.69, 9.17) is 20.8 Å². The van der Waals surface area contributed by atoms with E-state index in [2.05, 4.69) is 9.55 Å². The molecule has 27 heavy (non-hydrogen) atoms. The molecule has 0 radical (unpaired) electrons. The predicted octanol–water partition coefficient (Wildman–Crippen LogP) is 5.32. The summed E-state index contributed by atoms with van der Waals surface area (Å²) < 4.78 is 13.8. The molecule has 1 aromatic carbocycles. The highest BCUT2D eigenvalue weighted by molar-refractivity contribution is 7.19. The maximum Gasteiger partial charge on any atom is 0.312 e. The Balaban J connectivity index is 1.78. The van der Waals surface area contributed by atoms with E-state index in [1.54, 1.807) is 13.0 Å². The number of carbonyl (C=O) groups is 1. The van der Waals surface area contributed by atoms with Crippen LogP contribution in [0, 0.1) is 0 Å². The standard InChI is InChI=1S/C20H17ClN2O3S/c1-3-25-18(24)11-14-19(16-6-7-17(21)27-16)26-20(22-14)13-4-5-15-12(10-13)8-9-23(15)2/h4-10H,3,11H2,1-2H3. The molecule has 0 spiro atoms. The number of nitrogens with zero attached hydrogens (tertiary/aromatic N) is 2. The number of hydrogen-bond donors (Lipinski definition) is 0. The van der Waals surface area contributed by atoms with Gasteiger partial charge in [-0.2, -0.15) is 0 Å². The first kappa shape index (κ1) is 17.8. The second kappa shape index (κ2) is 7.21. The van der Waals surface area contributed by atoms with Crippen LogP contribution >= 0.6 is 22.9 Å². The zero-order valence-electron chi connectivity index (χ0n) is 14.9. The van der Waals surface area contributed by atoms with Gasteiger partial charge in [-0.1, -0.05) is 11.6 Å². The SMILES string of the molecule is CCOC(=O)Cc1nc(-c2ccc3c(ccn3C)c2)oc1-c1ccc(Cl)s1. The minimum absolute atomic E-state index is 0.0514. The monoisotopic (exact) mass is 400 g/mol. The summed E-state index contributed by atoms with van der Waals surface area (Å²) in [6.45, 7) is 2.11. The third kappa shape index (κ3) is 3.50. The third-order valence-corrected chi connectivity index (χ3v) is 5.47. The topological polar surface area (TPSA) is 57.3 Å². The second-order valence-corrected chi connectivity index (χ2v) is 7.80. The van der Waals surface area contributed by atoms with Gasteiger partial charge in [0.15, 0.2) is 5.76 Å². The highest BCUT2D eigenvalue weighted by atomic mass is 35.5. The Labute approximate surface area is 165 Å². The number of esters is 1. The van der Waals surface area contributed by atoms with Gasteiger partial charge in [0.2, 0.25) is 5.89 Å². The first-order chi connectivity index (χ1) is 13.0. The van der Waals surface area contributed by atoms with E-state index in [1.165, 1.54) is 11.3 Å². The molecule has 0 aliphatic rings. The van der Waals surface area contributed by atoms with E-state index >= 15 is 0 Å². The number of thiophene rings is 1. The Bertz CT molecular complexity index is 1130. The quantitative estimate of drug-likeness (QED) is 0.425. The average molecular weight is 401 g/mol. The summed E-state index contributed by atoms with van der Waals surface area (Å²) in [5.41, 5.74) is 2.53. The molecule has 4 rings (SSSR count). The van der Waals surface area contributed by atoms with Crippen molar-refractivity contribution in [2.24, 2.45) is 7.05 Å². The summed E-state index contributed by atoms with van der Waals surface area (Å²) in [6.07, 6.45) is 2.06. The Morgan fingerprint density at radius 2 is 2.15 bits per heavy atom. The van der Waals surface area contributed by atoms with Crippen molar-refractivity contribution in [3.8, 4) is 22.1 Å². The number of oxazole rings is 1. The van der Waals surface area contributed by atoms with Crippen molar-refractivity contribution < 1.29 is 13.9 Å². The van der Waals surface area contributed by atoms with Crippen LogP contribution in [0.4, 0.5) is 0 Å². The van der Waals surface area contributed by atoms with Gasteiger partial charge in [0.05, 0.1) is 27.9 Å². The number of aromatic nitrogens is 2. The van der Waals surface area contributed by atoms with Crippen LogP contribution in [0.1, 0.15) is 12.6 Å². The minimum atomic E-state index is -0.334. The predicted molar refractivity (Wildman–Crippen MR) is 107 cm³/mol. The van der Waals surface area contributed by atoms with Gasteiger partial charge in [-0.25, -0.2) is 4.98 Å². The van der Waals surface area contributed by atoms with E-state index in [9.17, 15) is 4.79 Å². The molecule has 3 aromatic heterocycles. The number of fused-ring (bicyclic) bond motifs is 1. The number of halogens is 1. The Morgan fingerprint density at radius 3 is 2.89 bits per heavy atom. The van der Waals surface area contributed by atoms with Crippen LogP contribution in [0.3, 0.4) is 0 Å². The van der Waals surface area contributed by atoms with Crippen molar-refractivity contribution >= 4 is 39.8 Å². The van der Waals surface area contributed by atoms with Gasteiger partial charge in [0.25, 0.3) is 0 Å². The molecule has 0 aliphatic heterocycles. The van der Waals surface area contributed by atoms with Crippen molar-refractivity contribution in [3.63, 3.8) is 0 Å². The van der Waals surface area contributed by atoms with Crippen molar-refractivity contribution in [2.75, 3.05) is 6.61 Å². The number of rotatable bonds is 5. The van der Waals surface area contributed by atoms with Gasteiger partial charge in [-0.3, -0.25) is 4.79 Å². The molecule has 0 saturated heterocycles. The summed E-state index contributed by atoms with van der Waals surface area (Å²) in [6, 6.07) is 11.7. The molecule has 0 aliphatic carbocycles. The highest BCUT2D eigenvalue weighted by Crippen LogP contribution is 2.36. The number of benzene rings is 1. The maximum absolute atomic E-state index is 12.0. The molecular formula is C20H17ClN2O3S. The average Bonchev–Trinajstić information content (AvgIpc) is 3.34. The number of hydrogen-bond acceptors (Lipinski definition) is 5. The van der Waals surface area contributed by atoms with Gasteiger partial charge in [-0.05, 0) is 43.3 Å². The molecule has 0 bridgehead atoms. The van der Waals surface area contributed by atoms with Crippen LogP contribution in [0.25, 0.3) is 33.0 Å². The Kier molecular flexibility index (Phi) is 4.76. The summed E-state index contributed by atoms with van der Waals surface area (Å²) >= 11 is 7.46. The first-order valence-electron chi connectivity index (χ1n) is 8.51. The number of aryl methyl sites for hydroxylation is 1. The van der Waals surface area contributed by atoms with Crippen LogP contribution in [-0.2, 0) is 23.0 Å². The first-order valence-corrected chi connectivity index (χ1v) is 9.71. The lowest BCUT2D eigenvalue weighted by Gasteiger charge is -2.00. The molecular weight excluding hydrogens is 384 g/mol. The summed E-state index contributed by atoms with van der Waals surface area (Å²) in [7, 11) is 2.00. The van der Waals surface area contributed by atoms with E-state index < -0.39 is 0 Å². The fraction of sp³-hybridized carbons (Fsp3) is 0.200. The van der Waals surface area contributed by atoms with E-state index in [0.29, 0.717) is 28.3 Å². The van der Waals surface area contributed by atoms with E-state index in [-0.39, 0.29) is 12.4 Å². The molecule has 7 heteroatoms. The molecule has 5 nitrogen and oxygen atoms in total. The Morgan fingerprint density at radius 1 is 1.30 bits per heavy atom. The molecule has 0 fully saturated rings. The van der Waals surface area contributed by atoms with Crippen molar-refractivity contribution in [1.82, 2.24) is 9.55 Å². The molecule has 0 unspecified atom stereocenters. The lowest BCUT2D eigenvalue weighted by molar-refractivity contribution is -0.142. The zero-order chi connectivity index (χ0) is 19.0. The van der Waals surface area contributed by atoms with E-state index in [0.717, 1.165) is 21.3 Å². The molecule has 0 amide bonds. The number of carbonyl (C=O) groups excluding carboxylic acids is 1. The van der Waals surface area contributed by atoms with Crippen molar-refractivity contribution in [2.45, 2.75) is 13.3 Å². The van der Waals surface area contributed by atoms with Crippen molar-refractivity contribution in [3.05, 3.63) is 52.6 Å². The van der Waals surface area contributed by atoms with E-state index in [1.807, 2.05) is 43.6 Å². The van der Waals surface area contributed by atoms with Gasteiger partial charge in [-0.15, -0.1) is 11.3 Å². The molecule has 3 heterocycles. The molecule has 0 N–H and O–H groups in total. The lowest BCUT2D eigenvalue weighted by atomic mass is 10.1. The smallest absolute Gasteiger partial charge is 0.312 e. The minimum Gasteiger partial charge on any atom is -0.466 e. The summed E-state index contributed by atoms with van der Waals surface area (Å²) in [5.74, 6) is 0.697. The normalized spacial score (nSPS) is 11.2. The van der Waals surface area contributed by atoms with Gasteiger partial charge < -0.3 is 13.7 Å². The zero-order valence-corrected chi connectivity index (χ0v) is 16.4. The lowest BCUT2D eigenvalue weighted by Crippen LogP contribution is -2.08. The second-order valence-electron chi connectivity index (χ2n) is 6.08. The molecule has 4 aromatic rings. The van der Waals surface area contributed by atoms with Crippen LogP contribution in [-0.4, -0.2) is 22.1 Å². The fourth-order valence-electron chi connectivity index (χ4n) is 2.99. The van der Waals surface area contributed by atoms with Gasteiger partial charge in [0, 0.05) is 29.7 Å². The van der Waals surface area contributed by atoms with Crippen LogP contribution in [0.2, 0.25) is 4.34 Å². The van der Waals surface area contributed by atoms with Crippen molar-refractivity contribution in [1.29, 1.82) is 0 Å². The van der Waals surface area contributed by atoms with Gasteiger partial charge in [0.1, 0.15) is 0 Å². The summed E-state index contributed by atoms with van der Waals surface area (Å²) in [5, 5.41) is 1.10. The van der Waals surface area contributed by atoms with Crippen LogP contribution < -0.4 is 0 Å². The fourth-order valence-corrected chi connectivity index (χ4v) is 4.03.